The smallest absolute Gasteiger partial charge is 0.314 e. The fourth-order valence-corrected chi connectivity index (χ4v) is 5.08. The van der Waals surface area contributed by atoms with Gasteiger partial charge in [-0.05, 0) is 34.7 Å². The van der Waals surface area contributed by atoms with E-state index in [0.717, 1.165) is 66.5 Å². The van der Waals surface area contributed by atoms with Crippen LogP contribution in [0, 0.1) is 0 Å². The van der Waals surface area contributed by atoms with Gasteiger partial charge in [-0.1, -0.05) is 51.1 Å². The van der Waals surface area contributed by atoms with Crippen LogP contribution in [-0.2, 0) is 12.0 Å². The molecule has 0 unspecified atom stereocenters. The Balaban J connectivity index is 1.17. The molecule has 0 spiro atoms. The second kappa shape index (κ2) is 9.25. The van der Waals surface area contributed by atoms with Crippen molar-refractivity contribution in [1.29, 1.82) is 0 Å². The normalized spacial score (nSPS) is 15.0. The number of nitrogens with zero attached hydrogens (tertiary/aromatic N) is 4. The number of nitrogens with one attached hydrogen (secondary N) is 3. The van der Waals surface area contributed by atoms with Gasteiger partial charge in [0.15, 0.2) is 5.65 Å². The van der Waals surface area contributed by atoms with Crippen LogP contribution in [0.5, 0.6) is 0 Å². The maximum atomic E-state index is 11.7. The first kappa shape index (κ1) is 24.1. The van der Waals surface area contributed by atoms with E-state index in [4.69, 9.17) is 4.98 Å². The number of H-pyrrole nitrogens is 3. The summed E-state index contributed by atoms with van der Waals surface area (Å²) in [5, 5.41) is 0. The van der Waals surface area contributed by atoms with Crippen molar-refractivity contribution in [3.05, 3.63) is 86.6 Å². The number of aromatic nitrogens is 5. The zero-order valence-corrected chi connectivity index (χ0v) is 21.8. The highest BCUT2D eigenvalue weighted by Gasteiger charge is 2.21. The minimum absolute atomic E-state index is 0.108. The number of aromatic amines is 3. The summed E-state index contributed by atoms with van der Waals surface area (Å²) in [7, 11) is 0. The first-order valence-electron chi connectivity index (χ1n) is 12.9. The van der Waals surface area contributed by atoms with Crippen molar-refractivity contribution in [2.75, 3.05) is 31.1 Å². The molecule has 3 aromatic heterocycles. The van der Waals surface area contributed by atoms with E-state index in [1.807, 2.05) is 30.5 Å². The summed E-state index contributed by atoms with van der Waals surface area (Å²) in [5.74, 6) is 0.828. The fourth-order valence-electron chi connectivity index (χ4n) is 5.08. The maximum absolute atomic E-state index is 11.7. The number of anilines is 1. The van der Waals surface area contributed by atoms with Gasteiger partial charge < -0.3 is 19.9 Å². The van der Waals surface area contributed by atoms with Gasteiger partial charge in [-0.3, -0.25) is 14.5 Å². The van der Waals surface area contributed by atoms with Crippen LogP contribution in [0.15, 0.2) is 64.3 Å². The highest BCUT2D eigenvalue weighted by Crippen LogP contribution is 2.29. The molecule has 4 heterocycles. The van der Waals surface area contributed by atoms with Gasteiger partial charge >= 0.3 is 11.1 Å². The van der Waals surface area contributed by atoms with E-state index < -0.39 is 11.1 Å². The molecule has 0 bridgehead atoms. The van der Waals surface area contributed by atoms with Crippen LogP contribution < -0.4 is 16.0 Å². The summed E-state index contributed by atoms with van der Waals surface area (Å²) in [6.07, 6.45) is 1.84. The molecule has 1 aliphatic rings. The Morgan fingerprint density at radius 3 is 2.26 bits per heavy atom. The predicted molar refractivity (Wildman–Crippen MR) is 151 cm³/mol. The zero-order chi connectivity index (χ0) is 26.4. The molecule has 1 fully saturated rings. The van der Waals surface area contributed by atoms with Gasteiger partial charge in [-0.15, -0.1) is 0 Å². The van der Waals surface area contributed by atoms with Crippen molar-refractivity contribution in [2.24, 2.45) is 0 Å². The van der Waals surface area contributed by atoms with E-state index in [2.05, 4.69) is 74.8 Å². The van der Waals surface area contributed by atoms with Crippen LogP contribution in [0.2, 0.25) is 0 Å². The van der Waals surface area contributed by atoms with E-state index >= 15 is 0 Å². The van der Waals surface area contributed by atoms with Crippen molar-refractivity contribution in [2.45, 2.75) is 32.7 Å². The summed E-state index contributed by atoms with van der Waals surface area (Å²) < 4.78 is 0. The second-order valence-corrected chi connectivity index (χ2v) is 11.0. The van der Waals surface area contributed by atoms with Crippen LogP contribution in [-0.4, -0.2) is 56.0 Å². The Morgan fingerprint density at radius 1 is 0.842 bits per heavy atom. The summed E-state index contributed by atoms with van der Waals surface area (Å²) in [6.45, 7) is 11.0. The standard InChI is InChI=1S/C29H31N7O2/c1-29(2,3)20-7-5-19(6-8-20)25-33-24-23(10-11-30-26(24)34-25)36-14-12-35(13-15-36)17-18-4-9-21-22(16-18)32-28(38)27(37)31-21/h4-11,16H,12-15,17H2,1-3H3,(H,31,37)(H,32,38)(H,30,33,34). The van der Waals surface area contributed by atoms with Gasteiger partial charge in [-0.25, -0.2) is 9.97 Å². The molecule has 194 valence electrons. The summed E-state index contributed by atoms with van der Waals surface area (Å²) >= 11 is 0. The second-order valence-electron chi connectivity index (χ2n) is 11.0. The Labute approximate surface area is 219 Å². The monoisotopic (exact) mass is 509 g/mol. The summed E-state index contributed by atoms with van der Waals surface area (Å²) in [6, 6.07) is 16.4. The minimum atomic E-state index is -0.630. The molecule has 0 saturated carbocycles. The van der Waals surface area contributed by atoms with Gasteiger partial charge in [0.2, 0.25) is 0 Å². The van der Waals surface area contributed by atoms with E-state index in [1.54, 1.807) is 0 Å². The average Bonchev–Trinajstić information content (AvgIpc) is 3.34. The number of hydrogen-bond acceptors (Lipinski definition) is 6. The molecule has 0 amide bonds. The SMILES string of the molecule is CC(C)(C)c1ccc(-c2nc3c(N4CCN(Cc5ccc6[nH]c(=O)c(=O)[nH]c6c5)CC4)ccnc3[nH]2)cc1. The van der Waals surface area contributed by atoms with E-state index in [9.17, 15) is 9.59 Å². The van der Waals surface area contributed by atoms with Gasteiger partial charge in [0.25, 0.3) is 0 Å². The third-order valence-corrected chi connectivity index (χ3v) is 7.29. The minimum Gasteiger partial charge on any atom is -0.367 e. The third kappa shape index (κ3) is 4.61. The third-order valence-electron chi connectivity index (χ3n) is 7.29. The van der Waals surface area contributed by atoms with Crippen LogP contribution in [0.4, 0.5) is 5.69 Å². The number of fused-ring (bicyclic) bond motifs is 2. The first-order chi connectivity index (χ1) is 18.2. The Hall–Kier alpha value is -4.24. The number of rotatable bonds is 4. The molecule has 6 rings (SSSR count). The van der Waals surface area contributed by atoms with Crippen molar-refractivity contribution in [1.82, 2.24) is 29.8 Å². The number of hydrogen-bond donors (Lipinski definition) is 3. The van der Waals surface area contributed by atoms with Crippen molar-refractivity contribution < 1.29 is 0 Å². The Kier molecular flexibility index (Phi) is 5.87. The van der Waals surface area contributed by atoms with Gasteiger partial charge in [-0.2, -0.15) is 0 Å². The van der Waals surface area contributed by atoms with Gasteiger partial charge in [0.1, 0.15) is 11.3 Å². The highest BCUT2D eigenvalue weighted by atomic mass is 16.2. The average molecular weight is 510 g/mol. The van der Waals surface area contributed by atoms with E-state index in [0.29, 0.717) is 11.0 Å². The molecule has 2 aromatic carbocycles. The molecule has 0 radical (unpaired) electrons. The van der Waals surface area contributed by atoms with Gasteiger partial charge in [0, 0.05) is 44.5 Å². The largest absolute Gasteiger partial charge is 0.367 e. The number of imidazole rings is 1. The topological polar surface area (TPSA) is 114 Å². The molecule has 3 N–H and O–H groups in total. The van der Waals surface area contributed by atoms with Crippen molar-refractivity contribution in [3.63, 3.8) is 0 Å². The number of pyridine rings is 1. The molecule has 0 atom stereocenters. The van der Waals surface area contributed by atoms with E-state index in [-0.39, 0.29) is 5.41 Å². The molecule has 1 aliphatic heterocycles. The molecule has 5 aromatic rings. The first-order valence-corrected chi connectivity index (χ1v) is 12.9. The number of benzene rings is 2. The number of piperazine rings is 1. The lowest BCUT2D eigenvalue weighted by Gasteiger charge is -2.36. The van der Waals surface area contributed by atoms with Crippen molar-refractivity contribution in [3.8, 4) is 11.4 Å². The Bertz CT molecular complexity index is 1730. The van der Waals surface area contributed by atoms with Crippen LogP contribution in [0.1, 0.15) is 31.9 Å². The van der Waals surface area contributed by atoms with Crippen LogP contribution in [0.25, 0.3) is 33.6 Å². The lowest BCUT2D eigenvalue weighted by molar-refractivity contribution is 0.250. The fraction of sp³-hybridized carbons (Fsp3) is 0.310. The predicted octanol–water partition coefficient (Wildman–Crippen LogP) is 3.77. The van der Waals surface area contributed by atoms with Crippen molar-refractivity contribution >= 4 is 27.9 Å². The molecular formula is C29H31N7O2. The quantitative estimate of drug-likeness (QED) is 0.318. The van der Waals surface area contributed by atoms with Crippen LogP contribution in [0.3, 0.4) is 0 Å². The van der Waals surface area contributed by atoms with Crippen LogP contribution >= 0.6 is 0 Å². The highest BCUT2D eigenvalue weighted by molar-refractivity contribution is 5.88. The molecule has 1 saturated heterocycles. The molecule has 38 heavy (non-hydrogen) atoms. The molecule has 9 heteroatoms. The Morgan fingerprint density at radius 2 is 1.55 bits per heavy atom. The lowest BCUT2D eigenvalue weighted by atomic mass is 9.87. The van der Waals surface area contributed by atoms with E-state index in [1.165, 1.54) is 5.56 Å². The summed E-state index contributed by atoms with van der Waals surface area (Å²) in [4.78, 5) is 46.2. The summed E-state index contributed by atoms with van der Waals surface area (Å²) in [5.41, 5.74) is 6.34. The maximum Gasteiger partial charge on any atom is 0.314 e. The molecule has 0 aliphatic carbocycles. The zero-order valence-electron chi connectivity index (χ0n) is 21.8. The molecule has 9 nitrogen and oxygen atoms in total. The lowest BCUT2D eigenvalue weighted by Crippen LogP contribution is -2.46. The molecular weight excluding hydrogens is 478 g/mol. The van der Waals surface area contributed by atoms with Gasteiger partial charge in [0.05, 0.1) is 16.7 Å².